The highest BCUT2D eigenvalue weighted by molar-refractivity contribution is 5.20. The Balaban J connectivity index is 2.09. The fourth-order valence-electron chi connectivity index (χ4n) is 3.00. The second-order valence-corrected chi connectivity index (χ2v) is 5.52. The van der Waals surface area contributed by atoms with Gasteiger partial charge in [0.15, 0.2) is 11.6 Å². The van der Waals surface area contributed by atoms with Crippen LogP contribution in [0, 0.1) is 17.6 Å². The van der Waals surface area contributed by atoms with E-state index in [9.17, 15) is 13.9 Å². The van der Waals surface area contributed by atoms with Crippen molar-refractivity contribution in [3.63, 3.8) is 0 Å². The Bertz CT molecular complexity index is 419. The molecule has 1 aromatic rings. The van der Waals surface area contributed by atoms with Gasteiger partial charge < -0.3 is 5.11 Å². The third-order valence-electron chi connectivity index (χ3n) is 4.02. The molecule has 0 aliphatic heterocycles. The third kappa shape index (κ3) is 3.08. The van der Waals surface area contributed by atoms with Crippen LogP contribution in [0.3, 0.4) is 0 Å². The van der Waals surface area contributed by atoms with Crippen molar-refractivity contribution < 1.29 is 13.9 Å². The molecule has 2 rings (SSSR count). The summed E-state index contributed by atoms with van der Waals surface area (Å²) >= 11 is 0. The van der Waals surface area contributed by atoms with Crippen molar-refractivity contribution in [3.8, 4) is 0 Å². The van der Waals surface area contributed by atoms with E-state index in [2.05, 4.69) is 6.92 Å². The van der Waals surface area contributed by atoms with Crippen LogP contribution in [-0.2, 0) is 6.42 Å². The minimum Gasteiger partial charge on any atom is -0.390 e. The second kappa shape index (κ2) is 5.35. The molecule has 0 spiro atoms. The summed E-state index contributed by atoms with van der Waals surface area (Å²) in [6.07, 6.45) is 5.18. The second-order valence-electron chi connectivity index (χ2n) is 5.52. The Morgan fingerprint density at radius 2 is 2.11 bits per heavy atom. The zero-order valence-corrected chi connectivity index (χ0v) is 10.8. The van der Waals surface area contributed by atoms with E-state index >= 15 is 0 Å². The first-order chi connectivity index (χ1) is 8.52. The minimum atomic E-state index is -0.834. The maximum Gasteiger partial charge on any atom is 0.159 e. The van der Waals surface area contributed by atoms with Gasteiger partial charge in [0.2, 0.25) is 0 Å². The molecule has 3 heteroatoms. The van der Waals surface area contributed by atoms with Crippen LogP contribution >= 0.6 is 0 Å². The van der Waals surface area contributed by atoms with Gasteiger partial charge in [-0.3, -0.25) is 0 Å². The molecule has 1 aliphatic carbocycles. The van der Waals surface area contributed by atoms with Gasteiger partial charge in [0.1, 0.15) is 0 Å². The molecule has 2 atom stereocenters. The molecule has 1 saturated carbocycles. The first kappa shape index (κ1) is 13.5. The van der Waals surface area contributed by atoms with Gasteiger partial charge in [0, 0.05) is 6.42 Å². The van der Waals surface area contributed by atoms with Gasteiger partial charge in [-0.05, 0) is 36.5 Å². The first-order valence-electron chi connectivity index (χ1n) is 6.69. The van der Waals surface area contributed by atoms with Gasteiger partial charge in [-0.25, -0.2) is 8.78 Å². The van der Waals surface area contributed by atoms with E-state index < -0.39 is 17.2 Å². The van der Waals surface area contributed by atoms with Crippen LogP contribution in [0.4, 0.5) is 8.78 Å². The topological polar surface area (TPSA) is 20.2 Å². The van der Waals surface area contributed by atoms with Crippen LogP contribution < -0.4 is 0 Å². The Morgan fingerprint density at radius 3 is 2.78 bits per heavy atom. The van der Waals surface area contributed by atoms with Crippen molar-refractivity contribution in [2.24, 2.45) is 5.92 Å². The standard InChI is InChI=1S/C15H20F2O/c1-2-11-4-3-7-15(18,9-11)10-12-5-6-13(16)14(17)8-12/h5-6,8,11,18H,2-4,7,9-10H2,1H3. The predicted molar refractivity (Wildman–Crippen MR) is 67.3 cm³/mol. The van der Waals surface area contributed by atoms with Crippen LogP contribution in [0.2, 0.25) is 0 Å². The molecule has 1 aliphatic rings. The molecule has 1 nitrogen and oxygen atoms in total. The molecule has 1 aromatic carbocycles. The van der Waals surface area contributed by atoms with Gasteiger partial charge in [0.05, 0.1) is 5.60 Å². The Hall–Kier alpha value is -0.960. The van der Waals surface area contributed by atoms with E-state index in [4.69, 9.17) is 0 Å². The molecule has 0 heterocycles. The molecule has 100 valence electrons. The summed E-state index contributed by atoms with van der Waals surface area (Å²) in [4.78, 5) is 0. The Kier molecular flexibility index (Phi) is 4.00. The molecule has 0 saturated heterocycles. The molecule has 1 N–H and O–H groups in total. The monoisotopic (exact) mass is 254 g/mol. The van der Waals surface area contributed by atoms with Gasteiger partial charge in [-0.1, -0.05) is 32.3 Å². The molecule has 0 amide bonds. The van der Waals surface area contributed by atoms with E-state index in [0.29, 0.717) is 17.9 Å². The fraction of sp³-hybridized carbons (Fsp3) is 0.600. The van der Waals surface area contributed by atoms with E-state index in [1.807, 2.05) is 0 Å². The molecule has 18 heavy (non-hydrogen) atoms. The summed E-state index contributed by atoms with van der Waals surface area (Å²) in [5.41, 5.74) is -0.0726. The number of halogens is 2. The summed E-state index contributed by atoms with van der Waals surface area (Å²) in [6.45, 7) is 2.13. The molecule has 0 radical (unpaired) electrons. The van der Waals surface area contributed by atoms with Crippen LogP contribution in [-0.4, -0.2) is 10.7 Å². The number of rotatable bonds is 3. The Morgan fingerprint density at radius 1 is 1.33 bits per heavy atom. The highest BCUT2D eigenvalue weighted by Crippen LogP contribution is 2.36. The van der Waals surface area contributed by atoms with Gasteiger partial charge in [-0.15, -0.1) is 0 Å². The van der Waals surface area contributed by atoms with Crippen molar-refractivity contribution in [2.75, 3.05) is 0 Å². The number of hydrogen-bond donors (Lipinski definition) is 1. The molecule has 0 aromatic heterocycles. The van der Waals surface area contributed by atoms with E-state index in [1.165, 1.54) is 6.07 Å². The van der Waals surface area contributed by atoms with Crippen LogP contribution in [0.25, 0.3) is 0 Å². The van der Waals surface area contributed by atoms with Crippen molar-refractivity contribution in [2.45, 2.75) is 51.0 Å². The van der Waals surface area contributed by atoms with Crippen molar-refractivity contribution in [1.82, 2.24) is 0 Å². The van der Waals surface area contributed by atoms with Crippen LogP contribution in [0.1, 0.15) is 44.6 Å². The summed E-state index contributed by atoms with van der Waals surface area (Å²) < 4.78 is 26.0. The normalized spacial score (nSPS) is 28.3. The highest BCUT2D eigenvalue weighted by Gasteiger charge is 2.33. The summed E-state index contributed by atoms with van der Waals surface area (Å²) in [7, 11) is 0. The lowest BCUT2D eigenvalue weighted by Crippen LogP contribution is -2.37. The predicted octanol–water partition coefficient (Wildman–Crippen LogP) is 3.84. The molecule has 1 fully saturated rings. The minimum absolute atomic E-state index is 0.417. The SMILES string of the molecule is CCC1CCCC(O)(Cc2ccc(F)c(F)c2)C1. The fourth-order valence-corrected chi connectivity index (χ4v) is 3.00. The number of aliphatic hydroxyl groups is 1. The molecular formula is C15H20F2O. The quantitative estimate of drug-likeness (QED) is 0.869. The van der Waals surface area contributed by atoms with E-state index in [0.717, 1.165) is 38.2 Å². The molecule has 0 bridgehead atoms. The highest BCUT2D eigenvalue weighted by atomic mass is 19.2. The summed E-state index contributed by atoms with van der Waals surface area (Å²) in [6, 6.07) is 3.89. The largest absolute Gasteiger partial charge is 0.390 e. The van der Waals surface area contributed by atoms with Gasteiger partial charge in [-0.2, -0.15) is 0 Å². The smallest absolute Gasteiger partial charge is 0.159 e. The lowest BCUT2D eigenvalue weighted by atomic mass is 9.74. The maximum absolute atomic E-state index is 13.1. The lowest BCUT2D eigenvalue weighted by Gasteiger charge is -2.36. The molecule has 2 unspecified atom stereocenters. The van der Waals surface area contributed by atoms with E-state index in [1.54, 1.807) is 6.07 Å². The first-order valence-corrected chi connectivity index (χ1v) is 6.69. The van der Waals surface area contributed by atoms with Gasteiger partial charge in [0.25, 0.3) is 0 Å². The van der Waals surface area contributed by atoms with Crippen LogP contribution in [0.5, 0.6) is 0 Å². The lowest BCUT2D eigenvalue weighted by molar-refractivity contribution is -0.0162. The summed E-state index contributed by atoms with van der Waals surface area (Å²) in [5.74, 6) is -1.12. The third-order valence-corrected chi connectivity index (χ3v) is 4.02. The van der Waals surface area contributed by atoms with Crippen LogP contribution in [0.15, 0.2) is 18.2 Å². The van der Waals surface area contributed by atoms with Crippen molar-refractivity contribution >= 4 is 0 Å². The number of hydrogen-bond acceptors (Lipinski definition) is 1. The Labute approximate surface area is 107 Å². The number of benzene rings is 1. The molecular weight excluding hydrogens is 234 g/mol. The zero-order chi connectivity index (χ0) is 13.2. The maximum atomic E-state index is 13.1. The zero-order valence-electron chi connectivity index (χ0n) is 10.8. The average molecular weight is 254 g/mol. The average Bonchev–Trinajstić information content (AvgIpc) is 2.33. The van der Waals surface area contributed by atoms with Crippen molar-refractivity contribution in [1.29, 1.82) is 0 Å². The van der Waals surface area contributed by atoms with E-state index in [-0.39, 0.29) is 0 Å². The van der Waals surface area contributed by atoms with Crippen molar-refractivity contribution in [3.05, 3.63) is 35.4 Å². The van der Waals surface area contributed by atoms with Gasteiger partial charge >= 0.3 is 0 Å². The summed E-state index contributed by atoms with van der Waals surface area (Å²) in [5, 5.41) is 10.6.